The Morgan fingerprint density at radius 1 is 1.17 bits per heavy atom. The Kier molecular flexibility index (Phi) is 5.09. The molecule has 0 aliphatic rings. The van der Waals surface area contributed by atoms with E-state index in [1.165, 1.54) is 18.9 Å². The smallest absolute Gasteiger partial charge is 0.337 e. The SMILES string of the molecule is C=C(C(=O)OC)c1cc(OC)c(SC)cc1OC. The van der Waals surface area contributed by atoms with Gasteiger partial charge in [0.05, 0.1) is 31.8 Å². The van der Waals surface area contributed by atoms with Crippen LogP contribution < -0.4 is 9.47 Å². The minimum atomic E-state index is -0.493. The first-order chi connectivity index (χ1) is 8.58. The maximum absolute atomic E-state index is 11.5. The molecule has 0 N–H and O–H groups in total. The van der Waals surface area contributed by atoms with Crippen LogP contribution in [0.4, 0.5) is 0 Å². The van der Waals surface area contributed by atoms with Crippen molar-refractivity contribution >= 4 is 23.3 Å². The number of benzene rings is 1. The summed E-state index contributed by atoms with van der Waals surface area (Å²) in [7, 11) is 4.43. The van der Waals surface area contributed by atoms with Crippen molar-refractivity contribution in [2.24, 2.45) is 0 Å². The van der Waals surface area contributed by atoms with Crippen LogP contribution in [0.1, 0.15) is 5.56 Å². The van der Waals surface area contributed by atoms with Crippen LogP contribution >= 0.6 is 11.8 Å². The molecule has 0 saturated heterocycles. The lowest BCUT2D eigenvalue weighted by atomic mass is 10.1. The molecule has 5 heteroatoms. The van der Waals surface area contributed by atoms with Gasteiger partial charge in [-0.2, -0.15) is 0 Å². The van der Waals surface area contributed by atoms with Crippen molar-refractivity contribution in [3.8, 4) is 11.5 Å². The summed E-state index contributed by atoms with van der Waals surface area (Å²) >= 11 is 1.53. The lowest BCUT2D eigenvalue weighted by molar-refractivity contribution is -0.133. The molecule has 0 fully saturated rings. The van der Waals surface area contributed by atoms with E-state index in [-0.39, 0.29) is 5.57 Å². The highest BCUT2D eigenvalue weighted by atomic mass is 32.2. The molecule has 0 atom stereocenters. The molecule has 0 unspecified atom stereocenters. The second-order valence-electron chi connectivity index (χ2n) is 3.38. The number of methoxy groups -OCH3 is 3. The van der Waals surface area contributed by atoms with E-state index in [2.05, 4.69) is 11.3 Å². The molecular formula is C13H16O4S. The topological polar surface area (TPSA) is 44.8 Å². The number of hydrogen-bond acceptors (Lipinski definition) is 5. The second-order valence-corrected chi connectivity index (χ2v) is 4.23. The van der Waals surface area contributed by atoms with Crippen LogP contribution in [0, 0.1) is 0 Å². The zero-order valence-electron chi connectivity index (χ0n) is 10.9. The number of ether oxygens (including phenoxy) is 3. The molecule has 1 aromatic rings. The van der Waals surface area contributed by atoms with Gasteiger partial charge in [-0.25, -0.2) is 4.79 Å². The van der Waals surface area contributed by atoms with E-state index in [1.54, 1.807) is 20.3 Å². The molecule has 1 aromatic carbocycles. The van der Waals surface area contributed by atoms with Gasteiger partial charge in [-0.1, -0.05) is 6.58 Å². The first kappa shape index (κ1) is 14.4. The van der Waals surface area contributed by atoms with Gasteiger partial charge in [0.25, 0.3) is 0 Å². The molecule has 0 spiro atoms. The normalized spacial score (nSPS) is 9.78. The Hall–Kier alpha value is -1.62. The van der Waals surface area contributed by atoms with Gasteiger partial charge in [-0.05, 0) is 18.4 Å². The Labute approximate surface area is 111 Å². The van der Waals surface area contributed by atoms with Gasteiger partial charge in [-0.15, -0.1) is 11.8 Å². The van der Waals surface area contributed by atoms with Gasteiger partial charge in [0.2, 0.25) is 0 Å². The van der Waals surface area contributed by atoms with Gasteiger partial charge >= 0.3 is 5.97 Å². The second kappa shape index (κ2) is 6.35. The molecule has 98 valence electrons. The summed E-state index contributed by atoms with van der Waals surface area (Å²) < 4.78 is 15.2. The Balaban J connectivity index is 3.34. The molecule has 0 aromatic heterocycles. The van der Waals surface area contributed by atoms with Crippen LogP contribution in [0.3, 0.4) is 0 Å². The van der Waals surface area contributed by atoms with E-state index in [0.717, 1.165) is 4.90 Å². The van der Waals surface area contributed by atoms with Crippen molar-refractivity contribution in [2.75, 3.05) is 27.6 Å². The van der Waals surface area contributed by atoms with E-state index < -0.39 is 5.97 Å². The molecule has 0 heterocycles. The molecule has 0 bridgehead atoms. The minimum absolute atomic E-state index is 0.236. The first-order valence-corrected chi connectivity index (χ1v) is 6.39. The maximum atomic E-state index is 11.5. The number of carbonyl (C=O) groups is 1. The molecule has 0 aliphatic carbocycles. The minimum Gasteiger partial charge on any atom is -0.496 e. The van der Waals surface area contributed by atoms with Crippen molar-refractivity contribution in [3.05, 3.63) is 24.3 Å². The first-order valence-electron chi connectivity index (χ1n) is 5.16. The summed E-state index contributed by atoms with van der Waals surface area (Å²) in [6.45, 7) is 3.72. The monoisotopic (exact) mass is 268 g/mol. The Morgan fingerprint density at radius 2 is 1.78 bits per heavy atom. The molecule has 1 rings (SSSR count). The van der Waals surface area contributed by atoms with E-state index >= 15 is 0 Å². The lowest BCUT2D eigenvalue weighted by Gasteiger charge is -2.14. The summed E-state index contributed by atoms with van der Waals surface area (Å²) in [4.78, 5) is 12.4. The average Bonchev–Trinajstić information content (AvgIpc) is 2.43. The van der Waals surface area contributed by atoms with E-state index in [0.29, 0.717) is 17.1 Å². The number of esters is 1. The summed E-state index contributed by atoms with van der Waals surface area (Å²) in [6, 6.07) is 3.54. The molecule has 0 aliphatic heterocycles. The predicted octanol–water partition coefficient (Wildman–Crippen LogP) is 2.61. The van der Waals surface area contributed by atoms with Crippen molar-refractivity contribution in [2.45, 2.75) is 4.90 Å². The van der Waals surface area contributed by atoms with Gasteiger partial charge in [-0.3, -0.25) is 0 Å². The fraction of sp³-hybridized carbons (Fsp3) is 0.308. The third-order valence-electron chi connectivity index (χ3n) is 2.46. The third-order valence-corrected chi connectivity index (χ3v) is 3.22. The standard InChI is InChI=1S/C13H16O4S/c1-8(13(14)17-4)9-6-11(16-3)12(18-5)7-10(9)15-2/h6-7H,1H2,2-5H3. The van der Waals surface area contributed by atoms with Crippen molar-refractivity contribution in [1.82, 2.24) is 0 Å². The summed E-state index contributed by atoms with van der Waals surface area (Å²) in [5.74, 6) is 0.742. The summed E-state index contributed by atoms with van der Waals surface area (Å²) in [6.07, 6.45) is 1.94. The van der Waals surface area contributed by atoms with Crippen molar-refractivity contribution in [3.63, 3.8) is 0 Å². The van der Waals surface area contributed by atoms with Crippen LogP contribution in [0.2, 0.25) is 0 Å². The van der Waals surface area contributed by atoms with Crippen LogP contribution in [0.5, 0.6) is 11.5 Å². The van der Waals surface area contributed by atoms with Gasteiger partial charge in [0.15, 0.2) is 0 Å². The molecule has 0 radical (unpaired) electrons. The van der Waals surface area contributed by atoms with Gasteiger partial charge in [0, 0.05) is 5.56 Å². The van der Waals surface area contributed by atoms with Crippen LogP contribution in [-0.4, -0.2) is 33.6 Å². The van der Waals surface area contributed by atoms with E-state index in [4.69, 9.17) is 9.47 Å². The zero-order chi connectivity index (χ0) is 13.7. The fourth-order valence-electron chi connectivity index (χ4n) is 1.50. The number of carbonyl (C=O) groups excluding carboxylic acids is 1. The quantitative estimate of drug-likeness (QED) is 0.466. The molecule has 18 heavy (non-hydrogen) atoms. The van der Waals surface area contributed by atoms with Crippen molar-refractivity contribution < 1.29 is 19.0 Å². The summed E-state index contributed by atoms with van der Waals surface area (Å²) in [5, 5.41) is 0. The van der Waals surface area contributed by atoms with Gasteiger partial charge in [0.1, 0.15) is 11.5 Å². The van der Waals surface area contributed by atoms with E-state index in [9.17, 15) is 4.79 Å². The number of hydrogen-bond donors (Lipinski definition) is 0. The molecule has 0 saturated carbocycles. The fourth-order valence-corrected chi connectivity index (χ4v) is 2.07. The predicted molar refractivity (Wildman–Crippen MR) is 72.4 cm³/mol. The third kappa shape index (κ3) is 2.79. The lowest BCUT2D eigenvalue weighted by Crippen LogP contribution is -2.05. The zero-order valence-corrected chi connectivity index (χ0v) is 11.7. The Morgan fingerprint density at radius 3 is 2.22 bits per heavy atom. The maximum Gasteiger partial charge on any atom is 0.337 e. The highest BCUT2D eigenvalue weighted by molar-refractivity contribution is 7.98. The molecule has 0 amide bonds. The summed E-state index contributed by atoms with van der Waals surface area (Å²) in [5.41, 5.74) is 0.805. The average molecular weight is 268 g/mol. The Bertz CT molecular complexity index is 468. The number of rotatable bonds is 5. The van der Waals surface area contributed by atoms with Crippen LogP contribution in [0.25, 0.3) is 5.57 Å². The van der Waals surface area contributed by atoms with E-state index in [1.807, 2.05) is 12.3 Å². The van der Waals surface area contributed by atoms with Crippen LogP contribution in [-0.2, 0) is 9.53 Å². The highest BCUT2D eigenvalue weighted by Gasteiger charge is 2.18. The molecular weight excluding hydrogens is 252 g/mol. The van der Waals surface area contributed by atoms with Crippen LogP contribution in [0.15, 0.2) is 23.6 Å². The molecule has 4 nitrogen and oxygen atoms in total. The number of thioether (sulfide) groups is 1. The highest BCUT2D eigenvalue weighted by Crippen LogP contribution is 2.37. The van der Waals surface area contributed by atoms with Gasteiger partial charge < -0.3 is 14.2 Å². The largest absolute Gasteiger partial charge is 0.496 e. The van der Waals surface area contributed by atoms with Crippen molar-refractivity contribution in [1.29, 1.82) is 0 Å².